The number of aromatic amines is 1. The van der Waals surface area contributed by atoms with Gasteiger partial charge >= 0.3 is 4.87 Å². The highest BCUT2D eigenvalue weighted by Crippen LogP contribution is 2.14. The highest BCUT2D eigenvalue weighted by molar-refractivity contribution is 7.07. The number of pyridine rings is 1. The van der Waals surface area contributed by atoms with Gasteiger partial charge in [0.25, 0.3) is 5.91 Å². The number of amides is 1. The zero-order valence-electron chi connectivity index (χ0n) is 12.1. The molecule has 0 radical (unpaired) electrons. The van der Waals surface area contributed by atoms with Gasteiger partial charge in [-0.1, -0.05) is 17.4 Å². The number of H-pyrrole nitrogens is 1. The lowest BCUT2D eigenvalue weighted by atomic mass is 10.0. The van der Waals surface area contributed by atoms with Gasteiger partial charge in [0.1, 0.15) is 5.69 Å². The van der Waals surface area contributed by atoms with Gasteiger partial charge in [-0.15, -0.1) is 0 Å². The van der Waals surface area contributed by atoms with Crippen molar-refractivity contribution in [2.45, 2.75) is 25.4 Å². The molecule has 0 aliphatic carbocycles. The minimum absolute atomic E-state index is 0.168. The van der Waals surface area contributed by atoms with Crippen molar-refractivity contribution in [3.05, 3.63) is 50.8 Å². The molecule has 22 heavy (non-hydrogen) atoms. The van der Waals surface area contributed by atoms with Gasteiger partial charge in [0.05, 0.1) is 0 Å². The fourth-order valence-electron chi connectivity index (χ4n) is 2.64. The van der Waals surface area contributed by atoms with Crippen molar-refractivity contribution < 1.29 is 4.79 Å². The van der Waals surface area contributed by atoms with Gasteiger partial charge in [-0.05, 0) is 24.5 Å². The highest BCUT2D eigenvalue weighted by atomic mass is 32.1. The van der Waals surface area contributed by atoms with E-state index in [0.717, 1.165) is 43.8 Å². The Bertz CT molecular complexity index is 674. The predicted octanol–water partition coefficient (Wildman–Crippen LogP) is 1.23. The summed E-state index contributed by atoms with van der Waals surface area (Å²) in [4.78, 5) is 31.9. The lowest BCUT2D eigenvalue weighted by Gasteiger charge is -2.32. The second kappa shape index (κ2) is 6.85. The van der Waals surface area contributed by atoms with Crippen LogP contribution in [0.4, 0.5) is 0 Å². The minimum atomic E-state index is -0.198. The maximum atomic E-state index is 12.0. The molecular formula is C15H18N4O2S. The minimum Gasteiger partial charge on any atom is -0.348 e. The van der Waals surface area contributed by atoms with Crippen LogP contribution in [-0.2, 0) is 6.54 Å². The number of piperidine rings is 1. The molecule has 116 valence electrons. The van der Waals surface area contributed by atoms with Crippen molar-refractivity contribution in [1.82, 2.24) is 20.2 Å². The van der Waals surface area contributed by atoms with Crippen LogP contribution in [0, 0.1) is 0 Å². The van der Waals surface area contributed by atoms with Crippen molar-refractivity contribution in [3.8, 4) is 0 Å². The van der Waals surface area contributed by atoms with Crippen LogP contribution in [0.1, 0.15) is 28.9 Å². The summed E-state index contributed by atoms with van der Waals surface area (Å²) in [5, 5.41) is 4.56. The molecule has 0 atom stereocenters. The first kappa shape index (κ1) is 14.9. The Kier molecular flexibility index (Phi) is 4.65. The van der Waals surface area contributed by atoms with Crippen LogP contribution >= 0.6 is 11.3 Å². The van der Waals surface area contributed by atoms with Crippen LogP contribution < -0.4 is 10.2 Å². The molecule has 2 N–H and O–H groups in total. The van der Waals surface area contributed by atoms with E-state index in [4.69, 9.17) is 0 Å². The van der Waals surface area contributed by atoms with Crippen LogP contribution in [-0.4, -0.2) is 39.9 Å². The van der Waals surface area contributed by atoms with Gasteiger partial charge in [0, 0.05) is 43.4 Å². The van der Waals surface area contributed by atoms with E-state index in [9.17, 15) is 9.59 Å². The maximum absolute atomic E-state index is 12.0. The molecule has 0 saturated carbocycles. The Morgan fingerprint density at radius 3 is 2.91 bits per heavy atom. The molecule has 2 aromatic heterocycles. The number of carbonyl (C=O) groups is 1. The zero-order chi connectivity index (χ0) is 15.4. The first-order chi connectivity index (χ1) is 10.7. The smallest absolute Gasteiger partial charge is 0.305 e. The van der Waals surface area contributed by atoms with Gasteiger partial charge in [0.2, 0.25) is 0 Å². The van der Waals surface area contributed by atoms with E-state index < -0.39 is 0 Å². The summed E-state index contributed by atoms with van der Waals surface area (Å²) < 4.78 is 0. The molecule has 0 unspecified atom stereocenters. The van der Waals surface area contributed by atoms with E-state index in [1.165, 1.54) is 5.56 Å². The molecule has 3 heterocycles. The van der Waals surface area contributed by atoms with E-state index in [1.54, 1.807) is 11.6 Å². The number of aromatic nitrogens is 2. The Labute approximate surface area is 132 Å². The topological polar surface area (TPSA) is 78.1 Å². The lowest BCUT2D eigenvalue weighted by molar-refractivity contribution is 0.0904. The number of thiazole rings is 1. The SMILES string of the molecule is O=C(NC1CCN(Cc2cccnc2)CC1)c1csc(=O)[nH]1. The van der Waals surface area contributed by atoms with Crippen LogP contribution in [0.25, 0.3) is 0 Å². The van der Waals surface area contributed by atoms with E-state index in [1.807, 2.05) is 12.3 Å². The fraction of sp³-hybridized carbons (Fsp3) is 0.400. The van der Waals surface area contributed by atoms with Gasteiger partial charge in [-0.25, -0.2) is 0 Å². The molecule has 3 rings (SSSR count). The summed E-state index contributed by atoms with van der Waals surface area (Å²) in [6, 6.07) is 4.19. The predicted molar refractivity (Wildman–Crippen MR) is 84.9 cm³/mol. The van der Waals surface area contributed by atoms with Crippen molar-refractivity contribution in [2.24, 2.45) is 0 Å². The summed E-state index contributed by atoms with van der Waals surface area (Å²) in [5.74, 6) is -0.191. The van der Waals surface area contributed by atoms with Crippen molar-refractivity contribution in [1.29, 1.82) is 0 Å². The Morgan fingerprint density at radius 1 is 1.45 bits per heavy atom. The number of nitrogens with zero attached hydrogens (tertiary/aromatic N) is 2. The molecular weight excluding hydrogens is 300 g/mol. The zero-order valence-corrected chi connectivity index (χ0v) is 12.9. The molecule has 1 aliphatic heterocycles. The number of likely N-dealkylation sites (tertiary alicyclic amines) is 1. The summed E-state index contributed by atoms with van der Waals surface area (Å²) in [7, 11) is 0. The molecule has 1 aliphatic rings. The van der Waals surface area contributed by atoms with Gasteiger partial charge in [-0.3, -0.25) is 19.5 Å². The quantitative estimate of drug-likeness (QED) is 0.889. The third-order valence-corrected chi connectivity index (χ3v) is 4.49. The first-order valence-electron chi connectivity index (χ1n) is 7.30. The Balaban J connectivity index is 1.47. The standard InChI is InChI=1S/C15H18N4O2S/c20-14(13-10-22-15(21)18-13)17-12-3-6-19(7-4-12)9-11-2-1-5-16-8-11/h1-2,5,8,10,12H,3-4,6-7,9H2,(H,17,20)(H,18,21). The largest absolute Gasteiger partial charge is 0.348 e. The van der Waals surface area contributed by atoms with Gasteiger partial charge in [0.15, 0.2) is 0 Å². The second-order valence-electron chi connectivity index (χ2n) is 5.45. The normalized spacial score (nSPS) is 16.5. The number of hydrogen-bond donors (Lipinski definition) is 2. The first-order valence-corrected chi connectivity index (χ1v) is 8.18. The Morgan fingerprint density at radius 2 is 2.27 bits per heavy atom. The molecule has 1 saturated heterocycles. The number of hydrogen-bond acceptors (Lipinski definition) is 5. The fourth-order valence-corrected chi connectivity index (χ4v) is 3.20. The second-order valence-corrected chi connectivity index (χ2v) is 6.29. The summed E-state index contributed by atoms with van der Waals surface area (Å²) in [5.41, 5.74) is 1.56. The van der Waals surface area contributed by atoms with E-state index >= 15 is 0 Å². The highest BCUT2D eigenvalue weighted by Gasteiger charge is 2.21. The summed E-state index contributed by atoms with van der Waals surface area (Å²) >= 11 is 1.01. The van der Waals surface area contributed by atoms with Crippen LogP contribution in [0.15, 0.2) is 34.7 Å². The number of carbonyl (C=O) groups excluding carboxylic acids is 1. The molecule has 6 nitrogen and oxygen atoms in total. The molecule has 0 bridgehead atoms. The lowest BCUT2D eigenvalue weighted by Crippen LogP contribution is -2.44. The van der Waals surface area contributed by atoms with E-state index in [-0.39, 0.29) is 16.8 Å². The molecule has 7 heteroatoms. The molecule has 1 fully saturated rings. The molecule has 0 aromatic carbocycles. The monoisotopic (exact) mass is 318 g/mol. The van der Waals surface area contributed by atoms with Gasteiger partial charge in [-0.2, -0.15) is 0 Å². The molecule has 0 spiro atoms. The van der Waals surface area contributed by atoms with Crippen molar-refractivity contribution in [2.75, 3.05) is 13.1 Å². The average Bonchev–Trinajstić information content (AvgIpc) is 2.97. The van der Waals surface area contributed by atoms with Gasteiger partial charge < -0.3 is 10.3 Å². The van der Waals surface area contributed by atoms with Crippen LogP contribution in [0.5, 0.6) is 0 Å². The molecule has 1 amide bonds. The maximum Gasteiger partial charge on any atom is 0.305 e. The van der Waals surface area contributed by atoms with Crippen molar-refractivity contribution >= 4 is 17.2 Å². The van der Waals surface area contributed by atoms with E-state index in [0.29, 0.717) is 5.69 Å². The third-order valence-electron chi connectivity index (χ3n) is 3.82. The van der Waals surface area contributed by atoms with Crippen LogP contribution in [0.3, 0.4) is 0 Å². The van der Waals surface area contributed by atoms with E-state index in [2.05, 4.69) is 26.3 Å². The van der Waals surface area contributed by atoms with Crippen LogP contribution in [0.2, 0.25) is 0 Å². The number of nitrogens with one attached hydrogen (secondary N) is 2. The Hall–Kier alpha value is -1.99. The average molecular weight is 318 g/mol. The number of rotatable bonds is 4. The molecule has 2 aromatic rings. The summed E-state index contributed by atoms with van der Waals surface area (Å²) in [6.07, 6.45) is 5.50. The summed E-state index contributed by atoms with van der Waals surface area (Å²) in [6.45, 7) is 2.78. The third kappa shape index (κ3) is 3.80. The van der Waals surface area contributed by atoms with Crippen molar-refractivity contribution in [3.63, 3.8) is 0 Å².